The fraction of sp³-hybridized carbons (Fsp3) is 0.385. The van der Waals surface area contributed by atoms with Crippen molar-refractivity contribution in [3.05, 3.63) is 34.9 Å². The van der Waals surface area contributed by atoms with E-state index in [-0.39, 0.29) is 24.1 Å². The Bertz CT molecular complexity index is 504. The van der Waals surface area contributed by atoms with Gasteiger partial charge in [-0.1, -0.05) is 6.92 Å². The molecule has 0 spiro atoms. The van der Waals surface area contributed by atoms with Gasteiger partial charge in [0.15, 0.2) is 11.6 Å². The highest BCUT2D eigenvalue weighted by Gasteiger charge is 2.36. The molecular weight excluding hydrogens is 256 g/mol. The third-order valence-electron chi connectivity index (χ3n) is 3.17. The minimum Gasteiger partial charge on any atom is -0.393 e. The predicted octanol–water partition coefficient (Wildman–Crippen LogP) is 1.72. The Morgan fingerprint density at radius 3 is 2.05 bits per heavy atom. The van der Waals surface area contributed by atoms with E-state index in [1.807, 2.05) is 0 Å². The van der Waals surface area contributed by atoms with Crippen molar-refractivity contribution < 1.29 is 23.5 Å². The summed E-state index contributed by atoms with van der Waals surface area (Å²) in [7, 11) is 0. The molecule has 1 unspecified atom stereocenters. The fourth-order valence-corrected chi connectivity index (χ4v) is 1.97. The molecule has 4 nitrogen and oxygen atoms in total. The van der Waals surface area contributed by atoms with E-state index in [1.165, 1.54) is 0 Å². The zero-order chi connectivity index (χ0) is 14.2. The molecular formula is C13H13F2NO3. The monoisotopic (exact) mass is 269 g/mol. The summed E-state index contributed by atoms with van der Waals surface area (Å²) in [5, 5.41) is 9.43. The van der Waals surface area contributed by atoms with E-state index in [1.54, 1.807) is 6.92 Å². The topological polar surface area (TPSA) is 57.6 Å². The molecule has 19 heavy (non-hydrogen) atoms. The van der Waals surface area contributed by atoms with E-state index in [2.05, 4.69) is 0 Å². The lowest BCUT2D eigenvalue weighted by Crippen LogP contribution is -2.32. The lowest BCUT2D eigenvalue weighted by atomic mass is 10.1. The number of hydrogen-bond donors (Lipinski definition) is 1. The van der Waals surface area contributed by atoms with Crippen LogP contribution in [0.3, 0.4) is 0 Å². The van der Waals surface area contributed by atoms with Crippen molar-refractivity contribution >= 4 is 11.8 Å². The number of nitrogens with zero attached hydrogens (tertiary/aromatic N) is 1. The summed E-state index contributed by atoms with van der Waals surface area (Å²) in [4.78, 5) is 24.7. The maximum atomic E-state index is 13.1. The maximum Gasteiger partial charge on any atom is 0.261 e. The van der Waals surface area contributed by atoms with Crippen LogP contribution < -0.4 is 0 Å². The Morgan fingerprint density at radius 1 is 1.16 bits per heavy atom. The molecule has 1 aliphatic heterocycles. The molecule has 1 heterocycles. The number of fused-ring (bicyclic) bond motifs is 1. The van der Waals surface area contributed by atoms with Crippen molar-refractivity contribution in [1.82, 2.24) is 4.90 Å². The largest absolute Gasteiger partial charge is 0.393 e. The second kappa shape index (κ2) is 5.05. The molecule has 1 atom stereocenters. The van der Waals surface area contributed by atoms with Crippen molar-refractivity contribution in [2.45, 2.75) is 25.9 Å². The van der Waals surface area contributed by atoms with Gasteiger partial charge in [0.05, 0.1) is 17.2 Å². The number of imide groups is 1. The molecule has 0 bridgehead atoms. The van der Waals surface area contributed by atoms with Crippen molar-refractivity contribution in [3.8, 4) is 0 Å². The highest BCUT2D eigenvalue weighted by atomic mass is 19.2. The Kier molecular flexibility index (Phi) is 3.61. The first-order chi connectivity index (χ1) is 8.95. The van der Waals surface area contributed by atoms with Gasteiger partial charge in [-0.2, -0.15) is 0 Å². The third kappa shape index (κ3) is 2.35. The van der Waals surface area contributed by atoms with Gasteiger partial charge in [0.25, 0.3) is 11.8 Å². The summed E-state index contributed by atoms with van der Waals surface area (Å²) in [6.45, 7) is 1.81. The number of aliphatic hydroxyl groups excluding tert-OH is 1. The van der Waals surface area contributed by atoms with Crippen LogP contribution in [0.4, 0.5) is 8.78 Å². The first-order valence-corrected chi connectivity index (χ1v) is 5.99. The molecule has 1 aromatic rings. The van der Waals surface area contributed by atoms with Crippen LogP contribution >= 0.6 is 0 Å². The van der Waals surface area contributed by atoms with Gasteiger partial charge >= 0.3 is 0 Å². The first-order valence-electron chi connectivity index (χ1n) is 5.99. The number of amides is 2. The summed E-state index contributed by atoms with van der Waals surface area (Å²) in [5.41, 5.74) is -0.259. The van der Waals surface area contributed by atoms with Crippen molar-refractivity contribution in [2.75, 3.05) is 6.54 Å². The van der Waals surface area contributed by atoms with E-state index < -0.39 is 29.6 Å². The number of rotatable bonds is 4. The highest BCUT2D eigenvalue weighted by Crippen LogP contribution is 2.25. The summed E-state index contributed by atoms with van der Waals surface area (Å²) in [5.74, 6) is -3.62. The normalized spacial score (nSPS) is 15.9. The molecule has 0 radical (unpaired) electrons. The van der Waals surface area contributed by atoms with Crippen molar-refractivity contribution in [1.29, 1.82) is 0 Å². The lowest BCUT2D eigenvalue weighted by molar-refractivity contribution is 0.0621. The molecule has 0 saturated carbocycles. The van der Waals surface area contributed by atoms with Crippen molar-refractivity contribution in [2.24, 2.45) is 0 Å². The Labute approximate surface area is 108 Å². The molecule has 2 rings (SSSR count). The lowest BCUT2D eigenvalue weighted by Gasteiger charge is -2.15. The van der Waals surface area contributed by atoms with Gasteiger partial charge in [0.1, 0.15) is 0 Å². The van der Waals surface area contributed by atoms with Crippen LogP contribution in [0.2, 0.25) is 0 Å². The number of benzene rings is 1. The maximum absolute atomic E-state index is 13.1. The van der Waals surface area contributed by atoms with E-state index >= 15 is 0 Å². The molecule has 1 aliphatic rings. The van der Waals surface area contributed by atoms with Gasteiger partial charge in [-0.25, -0.2) is 8.78 Å². The summed E-state index contributed by atoms with van der Waals surface area (Å²) in [6.07, 6.45) is 0.136. The fourth-order valence-electron chi connectivity index (χ4n) is 1.97. The summed E-state index contributed by atoms with van der Waals surface area (Å²) >= 11 is 0. The first kappa shape index (κ1) is 13.6. The SMILES string of the molecule is CCC(O)CCN1C(=O)c2cc(F)c(F)cc2C1=O. The van der Waals surface area contributed by atoms with Gasteiger partial charge in [-0.3, -0.25) is 14.5 Å². The van der Waals surface area contributed by atoms with Crippen LogP contribution in [0, 0.1) is 11.6 Å². The van der Waals surface area contributed by atoms with Crippen molar-refractivity contribution in [3.63, 3.8) is 0 Å². The molecule has 1 N–H and O–H groups in total. The smallest absolute Gasteiger partial charge is 0.261 e. The average molecular weight is 269 g/mol. The van der Waals surface area contributed by atoms with Crippen LogP contribution in [0.15, 0.2) is 12.1 Å². The van der Waals surface area contributed by atoms with Crippen LogP contribution in [-0.4, -0.2) is 34.5 Å². The van der Waals surface area contributed by atoms with Gasteiger partial charge in [0.2, 0.25) is 0 Å². The Balaban J connectivity index is 2.24. The van der Waals surface area contributed by atoms with Crippen LogP contribution in [-0.2, 0) is 0 Å². The third-order valence-corrected chi connectivity index (χ3v) is 3.17. The minimum atomic E-state index is -1.16. The molecule has 102 valence electrons. The number of carbonyl (C=O) groups is 2. The second-order valence-corrected chi connectivity index (χ2v) is 4.42. The number of carbonyl (C=O) groups excluding carboxylic acids is 2. The van der Waals surface area contributed by atoms with E-state index in [4.69, 9.17) is 0 Å². The van der Waals surface area contributed by atoms with Crippen LogP contribution in [0.5, 0.6) is 0 Å². The van der Waals surface area contributed by atoms with Crippen LogP contribution in [0.25, 0.3) is 0 Å². The highest BCUT2D eigenvalue weighted by molar-refractivity contribution is 6.21. The molecule has 0 saturated heterocycles. The van der Waals surface area contributed by atoms with E-state index in [0.29, 0.717) is 6.42 Å². The van der Waals surface area contributed by atoms with Gasteiger partial charge in [0, 0.05) is 6.54 Å². The standard InChI is InChI=1S/C13H13F2NO3/c1-2-7(17)3-4-16-12(18)8-5-10(14)11(15)6-9(8)13(16)19/h5-7,17H,2-4H2,1H3. The van der Waals surface area contributed by atoms with E-state index in [0.717, 1.165) is 17.0 Å². The number of halogens is 2. The molecule has 0 fully saturated rings. The molecule has 0 aliphatic carbocycles. The average Bonchev–Trinajstić information content (AvgIpc) is 2.60. The second-order valence-electron chi connectivity index (χ2n) is 4.42. The Morgan fingerprint density at radius 2 is 1.63 bits per heavy atom. The molecule has 0 aromatic heterocycles. The molecule has 6 heteroatoms. The number of hydrogen-bond acceptors (Lipinski definition) is 3. The van der Waals surface area contributed by atoms with Crippen LogP contribution in [0.1, 0.15) is 40.5 Å². The van der Waals surface area contributed by atoms with E-state index in [9.17, 15) is 23.5 Å². The van der Waals surface area contributed by atoms with Gasteiger partial charge in [-0.15, -0.1) is 0 Å². The number of aliphatic hydroxyl groups is 1. The van der Waals surface area contributed by atoms with Gasteiger partial charge < -0.3 is 5.11 Å². The van der Waals surface area contributed by atoms with Gasteiger partial charge in [-0.05, 0) is 25.0 Å². The molecule has 1 aromatic carbocycles. The zero-order valence-electron chi connectivity index (χ0n) is 10.3. The molecule has 2 amide bonds. The minimum absolute atomic E-state index is 0.0323. The summed E-state index contributed by atoms with van der Waals surface area (Å²) < 4.78 is 26.1. The Hall–Kier alpha value is -1.82. The quantitative estimate of drug-likeness (QED) is 0.847. The predicted molar refractivity (Wildman–Crippen MR) is 62.6 cm³/mol. The zero-order valence-corrected chi connectivity index (χ0v) is 10.3. The summed E-state index contributed by atoms with van der Waals surface area (Å²) in [6, 6.07) is 1.47.